The molecule has 2 aromatic carbocycles. The number of nitrogens with one attached hydrogen (secondary N) is 1. The van der Waals surface area contributed by atoms with Gasteiger partial charge in [-0.2, -0.15) is 0 Å². The molecule has 0 bridgehead atoms. The highest BCUT2D eigenvalue weighted by Crippen LogP contribution is 2.26. The summed E-state index contributed by atoms with van der Waals surface area (Å²) in [5, 5.41) is 0. The van der Waals surface area contributed by atoms with Crippen LogP contribution in [0.2, 0.25) is 0 Å². The summed E-state index contributed by atoms with van der Waals surface area (Å²) in [6.07, 6.45) is 1.52. The number of nitrogens with zero attached hydrogens (tertiary/aromatic N) is 2. The zero-order valence-corrected chi connectivity index (χ0v) is 21.3. The molecule has 0 atom stereocenters. The molecule has 1 amide bonds. The monoisotopic (exact) mass is 494 g/mol. The smallest absolute Gasteiger partial charge is 0.330 e. The highest BCUT2D eigenvalue weighted by Gasteiger charge is 2.25. The van der Waals surface area contributed by atoms with Crippen molar-refractivity contribution >= 4 is 17.4 Å². The van der Waals surface area contributed by atoms with Crippen LogP contribution in [0.4, 0.5) is 11.5 Å². The Kier molecular flexibility index (Phi) is 8.94. The number of nitrogen functional groups attached to an aromatic ring is 1. The highest BCUT2D eigenvalue weighted by molar-refractivity contribution is 5.95. The lowest BCUT2D eigenvalue weighted by Gasteiger charge is -2.25. The standard InChI is InChI=1S/C27H34N4O5/c1-5-6-15-30-25(28)23(26(33)29-27(30)34)31(17-20-12-7-8-13-21(20)35-4)22(32)14-16-36-24-18(2)10-9-11-19(24)3/h7-13H,5-6,14-17,28H2,1-4H3,(H,29,33,34). The average molecular weight is 495 g/mol. The maximum Gasteiger partial charge on any atom is 0.330 e. The second-order valence-electron chi connectivity index (χ2n) is 8.61. The van der Waals surface area contributed by atoms with Gasteiger partial charge in [-0.15, -0.1) is 0 Å². The van der Waals surface area contributed by atoms with Crippen molar-refractivity contribution in [2.75, 3.05) is 24.4 Å². The van der Waals surface area contributed by atoms with Gasteiger partial charge in [-0.05, 0) is 37.5 Å². The van der Waals surface area contributed by atoms with Gasteiger partial charge in [-0.25, -0.2) is 4.79 Å². The van der Waals surface area contributed by atoms with Gasteiger partial charge >= 0.3 is 5.69 Å². The minimum atomic E-state index is -0.718. The van der Waals surface area contributed by atoms with E-state index in [9.17, 15) is 14.4 Å². The van der Waals surface area contributed by atoms with Gasteiger partial charge in [0.2, 0.25) is 5.91 Å². The number of unbranched alkanes of at least 4 members (excludes halogenated alkanes) is 1. The van der Waals surface area contributed by atoms with Crippen molar-refractivity contribution in [1.29, 1.82) is 0 Å². The number of hydrogen-bond donors (Lipinski definition) is 2. The van der Waals surface area contributed by atoms with E-state index in [1.165, 1.54) is 16.6 Å². The van der Waals surface area contributed by atoms with Crippen molar-refractivity contribution in [2.45, 2.75) is 53.1 Å². The van der Waals surface area contributed by atoms with Crippen LogP contribution >= 0.6 is 0 Å². The molecule has 0 fully saturated rings. The lowest BCUT2D eigenvalue weighted by Crippen LogP contribution is -2.41. The largest absolute Gasteiger partial charge is 0.496 e. The Bertz CT molecular complexity index is 1310. The van der Waals surface area contributed by atoms with Crippen LogP contribution in [0.3, 0.4) is 0 Å². The van der Waals surface area contributed by atoms with E-state index in [1.54, 1.807) is 6.07 Å². The minimum Gasteiger partial charge on any atom is -0.496 e. The van der Waals surface area contributed by atoms with Crippen molar-refractivity contribution < 1.29 is 14.3 Å². The van der Waals surface area contributed by atoms with Crippen molar-refractivity contribution in [3.8, 4) is 11.5 Å². The Morgan fingerprint density at radius 3 is 2.44 bits per heavy atom. The first kappa shape index (κ1) is 26.6. The SMILES string of the molecule is CCCCn1c(N)c(N(Cc2ccccc2OC)C(=O)CCOc2c(C)cccc2C)c(=O)[nH]c1=O. The van der Waals surface area contributed by atoms with Crippen molar-refractivity contribution in [3.05, 3.63) is 80.0 Å². The van der Waals surface area contributed by atoms with Gasteiger partial charge in [0.25, 0.3) is 5.56 Å². The first-order valence-electron chi connectivity index (χ1n) is 12.0. The van der Waals surface area contributed by atoms with Crippen LogP contribution in [-0.2, 0) is 17.9 Å². The van der Waals surface area contributed by atoms with E-state index in [1.807, 2.05) is 57.2 Å². The van der Waals surface area contributed by atoms with Crippen molar-refractivity contribution in [2.24, 2.45) is 0 Å². The fourth-order valence-corrected chi connectivity index (χ4v) is 4.07. The molecule has 36 heavy (non-hydrogen) atoms. The molecule has 0 unspecified atom stereocenters. The van der Waals surface area contributed by atoms with Gasteiger partial charge in [0.05, 0.1) is 26.7 Å². The van der Waals surface area contributed by atoms with Crippen LogP contribution in [0.5, 0.6) is 11.5 Å². The number of carbonyl (C=O) groups is 1. The van der Waals surface area contributed by atoms with E-state index in [4.69, 9.17) is 15.2 Å². The van der Waals surface area contributed by atoms with E-state index in [0.717, 1.165) is 23.3 Å². The molecule has 9 nitrogen and oxygen atoms in total. The number of methoxy groups -OCH3 is 1. The Hall–Kier alpha value is -4.01. The van der Waals surface area contributed by atoms with E-state index >= 15 is 0 Å². The molecular formula is C27H34N4O5. The molecule has 192 valence electrons. The normalized spacial score (nSPS) is 10.8. The first-order valence-corrected chi connectivity index (χ1v) is 12.0. The summed E-state index contributed by atoms with van der Waals surface area (Å²) in [6.45, 7) is 6.35. The topological polar surface area (TPSA) is 120 Å². The number of para-hydroxylation sites is 2. The number of carbonyl (C=O) groups excluding carboxylic acids is 1. The van der Waals surface area contributed by atoms with Gasteiger partial charge in [0.1, 0.15) is 17.3 Å². The van der Waals surface area contributed by atoms with Crippen molar-refractivity contribution in [3.63, 3.8) is 0 Å². The maximum absolute atomic E-state index is 13.5. The van der Waals surface area contributed by atoms with Gasteiger partial charge in [-0.3, -0.25) is 24.0 Å². The van der Waals surface area contributed by atoms with E-state index < -0.39 is 11.2 Å². The Morgan fingerprint density at radius 2 is 1.78 bits per heavy atom. The van der Waals surface area contributed by atoms with E-state index in [0.29, 0.717) is 24.3 Å². The lowest BCUT2D eigenvalue weighted by molar-refractivity contribution is -0.119. The number of nitrogens with two attached hydrogens (primary N) is 1. The summed E-state index contributed by atoms with van der Waals surface area (Å²) in [7, 11) is 1.54. The summed E-state index contributed by atoms with van der Waals surface area (Å²) >= 11 is 0. The number of aromatic nitrogens is 2. The van der Waals surface area contributed by atoms with Crippen molar-refractivity contribution in [1.82, 2.24) is 9.55 Å². The molecule has 0 saturated carbocycles. The molecule has 0 spiro atoms. The van der Waals surface area contributed by atoms with Crippen LogP contribution in [0.25, 0.3) is 0 Å². The molecule has 0 radical (unpaired) electrons. The van der Waals surface area contributed by atoms with Crippen LogP contribution < -0.4 is 31.4 Å². The third kappa shape index (κ3) is 5.97. The summed E-state index contributed by atoms with van der Waals surface area (Å²) in [6, 6.07) is 13.1. The first-order chi connectivity index (χ1) is 17.3. The van der Waals surface area contributed by atoms with E-state index in [-0.39, 0.29) is 37.0 Å². The fraction of sp³-hybridized carbons (Fsp3) is 0.370. The molecule has 0 saturated heterocycles. The number of anilines is 2. The molecule has 1 heterocycles. The molecule has 1 aromatic heterocycles. The van der Waals surface area contributed by atoms with Crippen LogP contribution in [0, 0.1) is 13.8 Å². The molecular weight excluding hydrogens is 460 g/mol. The number of rotatable bonds is 11. The zero-order valence-electron chi connectivity index (χ0n) is 21.3. The van der Waals surface area contributed by atoms with Gasteiger partial charge in [-0.1, -0.05) is 49.7 Å². The molecule has 3 rings (SSSR count). The minimum absolute atomic E-state index is 0.00408. The number of hydrogen-bond acceptors (Lipinski definition) is 6. The number of aryl methyl sites for hydroxylation is 2. The summed E-state index contributed by atoms with van der Waals surface area (Å²) in [4.78, 5) is 42.6. The zero-order chi connectivity index (χ0) is 26.2. The Balaban J connectivity index is 1.98. The Labute approximate surface area is 210 Å². The van der Waals surface area contributed by atoms with Gasteiger partial charge in [0, 0.05) is 12.1 Å². The second-order valence-corrected chi connectivity index (χ2v) is 8.61. The van der Waals surface area contributed by atoms with E-state index in [2.05, 4.69) is 4.98 Å². The molecule has 3 aromatic rings. The molecule has 3 N–H and O–H groups in total. The predicted molar refractivity (Wildman–Crippen MR) is 141 cm³/mol. The van der Waals surface area contributed by atoms with Crippen LogP contribution in [0.15, 0.2) is 52.1 Å². The van der Waals surface area contributed by atoms with Gasteiger partial charge < -0.3 is 15.2 Å². The third-order valence-electron chi connectivity index (χ3n) is 6.01. The molecule has 9 heteroatoms. The maximum atomic E-state index is 13.5. The van der Waals surface area contributed by atoms with Crippen LogP contribution in [-0.4, -0.2) is 29.2 Å². The number of ether oxygens (including phenoxy) is 2. The summed E-state index contributed by atoms with van der Waals surface area (Å²) in [5.41, 5.74) is 7.58. The highest BCUT2D eigenvalue weighted by atomic mass is 16.5. The lowest BCUT2D eigenvalue weighted by atomic mass is 10.1. The number of amides is 1. The molecule has 0 aliphatic rings. The van der Waals surface area contributed by atoms with Crippen LogP contribution in [0.1, 0.15) is 42.9 Å². The fourth-order valence-electron chi connectivity index (χ4n) is 4.07. The third-order valence-corrected chi connectivity index (χ3v) is 6.01. The Morgan fingerprint density at radius 1 is 1.08 bits per heavy atom. The van der Waals surface area contributed by atoms with Gasteiger partial charge in [0.15, 0.2) is 5.69 Å². The second kappa shape index (κ2) is 12.1. The quantitative estimate of drug-likeness (QED) is 0.421. The predicted octanol–water partition coefficient (Wildman–Crippen LogP) is 3.55. The molecule has 0 aliphatic heterocycles. The molecule has 0 aliphatic carbocycles. The average Bonchev–Trinajstić information content (AvgIpc) is 2.85. The number of aromatic amines is 1. The summed E-state index contributed by atoms with van der Waals surface area (Å²) in [5.74, 6) is 0.879. The number of benzene rings is 2. The summed E-state index contributed by atoms with van der Waals surface area (Å²) < 4.78 is 12.7. The number of H-pyrrole nitrogens is 1.